The molecular formula is C34H64. The first-order valence-corrected chi connectivity index (χ1v) is 14.4. The molecule has 1 unspecified atom stereocenters. The van der Waals surface area contributed by atoms with Gasteiger partial charge in [-0.05, 0) is 70.6 Å². The number of hydrogen-bond donors (Lipinski definition) is 0. The van der Waals surface area contributed by atoms with E-state index in [-0.39, 0.29) is 0 Å². The van der Waals surface area contributed by atoms with Gasteiger partial charge in [-0.15, -0.1) is 0 Å². The highest BCUT2D eigenvalue weighted by molar-refractivity contribution is 5.14. The summed E-state index contributed by atoms with van der Waals surface area (Å²) in [5, 5.41) is 0. The Kier molecular flexibility index (Phi) is 30.6. The maximum atomic E-state index is 3.96. The zero-order chi connectivity index (χ0) is 26.7. The molecule has 0 N–H and O–H groups in total. The van der Waals surface area contributed by atoms with Gasteiger partial charge < -0.3 is 0 Å². The van der Waals surface area contributed by atoms with Crippen molar-refractivity contribution in [3.05, 3.63) is 60.3 Å². The molecule has 34 heavy (non-hydrogen) atoms. The number of rotatable bonds is 16. The van der Waals surface area contributed by atoms with Crippen LogP contribution in [0.3, 0.4) is 0 Å². The van der Waals surface area contributed by atoms with E-state index in [9.17, 15) is 0 Å². The van der Waals surface area contributed by atoms with E-state index in [1.54, 1.807) is 5.57 Å². The lowest BCUT2D eigenvalue weighted by atomic mass is 9.89. The van der Waals surface area contributed by atoms with Crippen molar-refractivity contribution >= 4 is 0 Å². The minimum atomic E-state index is 0.516. The maximum absolute atomic E-state index is 3.96. The highest BCUT2D eigenvalue weighted by atomic mass is 14.1. The largest absolute Gasteiger partial charge is 0.0958 e. The van der Waals surface area contributed by atoms with Crippen molar-refractivity contribution in [1.29, 1.82) is 0 Å². The molecule has 0 aliphatic carbocycles. The molecule has 200 valence electrons. The van der Waals surface area contributed by atoms with Crippen LogP contribution in [0, 0.1) is 11.3 Å². The van der Waals surface area contributed by atoms with Crippen molar-refractivity contribution in [2.75, 3.05) is 0 Å². The van der Waals surface area contributed by atoms with Crippen molar-refractivity contribution in [3.8, 4) is 0 Å². The van der Waals surface area contributed by atoms with E-state index in [1.807, 2.05) is 26.8 Å². The molecule has 0 aromatic carbocycles. The first-order valence-electron chi connectivity index (χ1n) is 14.4. The highest BCUT2D eigenvalue weighted by Crippen LogP contribution is 2.22. The van der Waals surface area contributed by atoms with Crippen molar-refractivity contribution in [2.24, 2.45) is 11.3 Å². The van der Waals surface area contributed by atoms with Crippen LogP contribution in [0.15, 0.2) is 60.3 Å². The second kappa shape index (κ2) is 27.9. The highest BCUT2D eigenvalue weighted by Gasteiger charge is 2.08. The molecule has 0 heteroatoms. The summed E-state index contributed by atoms with van der Waals surface area (Å²) in [6.07, 6.45) is 31.2. The molecule has 0 aliphatic rings. The minimum Gasteiger partial charge on any atom is -0.0958 e. The predicted molar refractivity (Wildman–Crippen MR) is 163 cm³/mol. The fourth-order valence-electron chi connectivity index (χ4n) is 3.63. The van der Waals surface area contributed by atoms with Crippen molar-refractivity contribution < 1.29 is 0 Å². The summed E-state index contributed by atoms with van der Waals surface area (Å²) in [6, 6.07) is 0. The van der Waals surface area contributed by atoms with E-state index in [2.05, 4.69) is 91.5 Å². The van der Waals surface area contributed by atoms with Crippen molar-refractivity contribution in [1.82, 2.24) is 0 Å². The summed E-state index contributed by atoms with van der Waals surface area (Å²) in [7, 11) is 0. The Bertz CT molecular complexity index is 533. The smallest absolute Gasteiger partial charge is 0.00794 e. The summed E-state index contributed by atoms with van der Waals surface area (Å²) in [5.74, 6) is 0.594. The van der Waals surface area contributed by atoms with Crippen LogP contribution in [-0.4, -0.2) is 0 Å². The lowest BCUT2D eigenvalue weighted by molar-refractivity contribution is 0.356. The van der Waals surface area contributed by atoms with Crippen LogP contribution < -0.4 is 0 Å². The monoisotopic (exact) mass is 473 g/mol. The van der Waals surface area contributed by atoms with Crippen LogP contribution in [0.5, 0.6) is 0 Å². The second-order valence-electron chi connectivity index (χ2n) is 10.5. The standard InChI is InChI=1S/C19H36.C13H22.C2H6/c1-7-13-17(2)16-18(3)14-11-9-8-10-12-15-19(4,5)6;1-4-6-7-8-9-10-12-13(3)11-5-2;1-2/h7,13,16-17H,8-12,14-15H2,1-6H3;5,8-9,11H,3-4,6-7,10,12H2,1-2H3;1-2H3/b13-7-,18-16+;9-8-,11-5-;. The topological polar surface area (TPSA) is 0 Å². The quantitative estimate of drug-likeness (QED) is 0.119. The molecule has 0 aromatic rings. The fourth-order valence-corrected chi connectivity index (χ4v) is 3.63. The van der Waals surface area contributed by atoms with Crippen LogP contribution in [0.2, 0.25) is 0 Å². The lowest BCUT2D eigenvalue weighted by Crippen LogP contribution is -2.03. The Labute approximate surface area is 217 Å². The van der Waals surface area contributed by atoms with Gasteiger partial charge in [-0.1, -0.05) is 147 Å². The molecule has 1 atom stereocenters. The lowest BCUT2D eigenvalue weighted by Gasteiger charge is -2.17. The van der Waals surface area contributed by atoms with Crippen LogP contribution in [0.1, 0.15) is 146 Å². The Morgan fingerprint density at radius 3 is 1.97 bits per heavy atom. The fraction of sp³-hybridized carbons (Fsp3) is 0.706. The third-order valence-electron chi connectivity index (χ3n) is 5.47. The summed E-state index contributed by atoms with van der Waals surface area (Å²) in [5.41, 5.74) is 3.30. The molecule has 0 saturated carbocycles. The van der Waals surface area contributed by atoms with Gasteiger partial charge in [0.1, 0.15) is 0 Å². The number of hydrogen-bond acceptors (Lipinski definition) is 0. The van der Waals surface area contributed by atoms with Gasteiger partial charge in [0, 0.05) is 0 Å². The third-order valence-corrected chi connectivity index (χ3v) is 5.47. The molecule has 0 rings (SSSR count). The van der Waals surface area contributed by atoms with E-state index in [0.717, 1.165) is 12.8 Å². The average Bonchev–Trinajstić information content (AvgIpc) is 2.77. The molecule has 0 nitrogen and oxygen atoms in total. The van der Waals surface area contributed by atoms with Gasteiger partial charge in [0.15, 0.2) is 0 Å². The van der Waals surface area contributed by atoms with E-state index in [1.165, 1.54) is 69.8 Å². The zero-order valence-corrected chi connectivity index (χ0v) is 25.3. The predicted octanol–water partition coefficient (Wildman–Crippen LogP) is 12.6. The number of allylic oxidation sites excluding steroid dienone is 9. The molecule has 0 bridgehead atoms. The minimum absolute atomic E-state index is 0.516. The molecule has 0 spiro atoms. The molecule has 0 aliphatic heterocycles. The number of unbranched alkanes of at least 4 members (excludes halogenated alkanes) is 6. The molecular weight excluding hydrogens is 408 g/mol. The van der Waals surface area contributed by atoms with Gasteiger partial charge >= 0.3 is 0 Å². The third kappa shape index (κ3) is 35.3. The van der Waals surface area contributed by atoms with Crippen molar-refractivity contribution in [3.63, 3.8) is 0 Å². The average molecular weight is 473 g/mol. The summed E-state index contributed by atoms with van der Waals surface area (Å²) >= 11 is 0. The molecule has 0 aromatic heterocycles. The van der Waals surface area contributed by atoms with Gasteiger partial charge in [0.05, 0.1) is 0 Å². The maximum Gasteiger partial charge on any atom is -0.00794 e. The van der Waals surface area contributed by atoms with Gasteiger partial charge in [-0.25, -0.2) is 0 Å². The van der Waals surface area contributed by atoms with Crippen LogP contribution in [0.25, 0.3) is 0 Å². The summed E-state index contributed by atoms with van der Waals surface area (Å²) in [4.78, 5) is 0. The molecule has 0 heterocycles. The van der Waals surface area contributed by atoms with Crippen LogP contribution in [0.4, 0.5) is 0 Å². The van der Waals surface area contributed by atoms with E-state index in [0.29, 0.717) is 11.3 Å². The zero-order valence-electron chi connectivity index (χ0n) is 25.3. The summed E-state index contributed by atoms with van der Waals surface area (Å²) < 4.78 is 0. The van der Waals surface area contributed by atoms with Crippen molar-refractivity contribution in [2.45, 2.75) is 146 Å². The molecule has 0 fully saturated rings. The van der Waals surface area contributed by atoms with E-state index in [4.69, 9.17) is 0 Å². The van der Waals surface area contributed by atoms with Crippen LogP contribution >= 0.6 is 0 Å². The van der Waals surface area contributed by atoms with Gasteiger partial charge in [0.25, 0.3) is 0 Å². The Morgan fingerprint density at radius 2 is 1.41 bits per heavy atom. The van der Waals surface area contributed by atoms with Gasteiger partial charge in [-0.3, -0.25) is 0 Å². The molecule has 0 saturated heterocycles. The second-order valence-corrected chi connectivity index (χ2v) is 10.5. The normalized spacial score (nSPS) is 13.1. The first kappa shape index (κ1) is 37.3. The summed E-state index contributed by atoms with van der Waals surface area (Å²) in [6.45, 7) is 25.9. The van der Waals surface area contributed by atoms with Gasteiger partial charge in [-0.2, -0.15) is 0 Å². The van der Waals surface area contributed by atoms with E-state index >= 15 is 0 Å². The Balaban J connectivity index is -0.000000559. The SMILES string of the molecule is C/C=C\C(C)/C=C(\C)CCCCCCCC(C)(C)C.C=C(/C=C\C)CC/C=C\CCCC.CC. The first-order chi connectivity index (χ1) is 16.2. The molecule has 0 radical (unpaired) electrons. The molecule has 0 amide bonds. The van der Waals surface area contributed by atoms with Gasteiger partial charge in [0.2, 0.25) is 0 Å². The Hall–Kier alpha value is -1.30. The van der Waals surface area contributed by atoms with E-state index < -0.39 is 0 Å². The van der Waals surface area contributed by atoms with Crippen LogP contribution in [-0.2, 0) is 0 Å². The Morgan fingerprint density at radius 1 is 0.824 bits per heavy atom.